The van der Waals surface area contributed by atoms with Gasteiger partial charge in [0.1, 0.15) is 0 Å². The normalized spacial score (nSPS) is 11.2. The number of aliphatic hydroxyl groups is 1. The molecule has 1 heterocycles. The van der Waals surface area contributed by atoms with E-state index in [0.29, 0.717) is 17.8 Å². The number of thiazole rings is 1. The summed E-state index contributed by atoms with van der Waals surface area (Å²) in [7, 11) is -3.71. The predicted octanol–water partition coefficient (Wildman–Crippen LogP) is 2.66. The third-order valence-corrected chi connectivity index (χ3v) is 6.10. The van der Waals surface area contributed by atoms with Gasteiger partial charge in [0.05, 0.1) is 17.0 Å². The van der Waals surface area contributed by atoms with Crippen LogP contribution in [0.25, 0.3) is 0 Å². The number of aliphatic hydroxyl groups excluding tert-OH is 1. The van der Waals surface area contributed by atoms with Crippen molar-refractivity contribution in [3.63, 3.8) is 0 Å². The zero-order chi connectivity index (χ0) is 20.0. The maximum atomic E-state index is 12.3. The van der Waals surface area contributed by atoms with Gasteiger partial charge >= 0.3 is 0 Å². The summed E-state index contributed by atoms with van der Waals surface area (Å²) in [6.07, 6.45) is 0.594. The van der Waals surface area contributed by atoms with Crippen LogP contribution >= 0.6 is 11.3 Å². The van der Waals surface area contributed by atoms with Crippen LogP contribution in [-0.2, 0) is 27.7 Å². The van der Waals surface area contributed by atoms with Crippen LogP contribution in [0.2, 0.25) is 0 Å². The molecule has 0 atom stereocenters. The van der Waals surface area contributed by atoms with Crippen LogP contribution in [0.15, 0.2) is 64.9 Å². The van der Waals surface area contributed by atoms with E-state index in [1.165, 1.54) is 12.1 Å². The Kier molecular flexibility index (Phi) is 6.40. The Labute approximate surface area is 167 Å². The summed E-state index contributed by atoms with van der Waals surface area (Å²) in [5, 5.41) is 13.5. The number of nitrogens with one attached hydrogen (secondary N) is 2. The van der Waals surface area contributed by atoms with Crippen molar-refractivity contribution in [1.82, 2.24) is 4.98 Å². The molecule has 28 heavy (non-hydrogen) atoms. The van der Waals surface area contributed by atoms with Crippen molar-refractivity contribution in [2.75, 3.05) is 16.6 Å². The summed E-state index contributed by atoms with van der Waals surface area (Å²) in [6, 6.07) is 15.2. The number of anilines is 2. The Morgan fingerprint density at radius 1 is 1.07 bits per heavy atom. The number of amides is 1. The number of nitrogens with zero attached hydrogens (tertiary/aromatic N) is 1. The molecule has 0 aliphatic heterocycles. The van der Waals surface area contributed by atoms with Gasteiger partial charge in [-0.1, -0.05) is 30.3 Å². The van der Waals surface area contributed by atoms with Crippen LogP contribution in [0.3, 0.4) is 0 Å². The summed E-state index contributed by atoms with van der Waals surface area (Å²) < 4.78 is 27.0. The molecular weight excluding hydrogens is 398 g/mol. The first-order chi connectivity index (χ1) is 13.5. The predicted molar refractivity (Wildman–Crippen MR) is 109 cm³/mol. The van der Waals surface area contributed by atoms with Gasteiger partial charge in [-0.15, -0.1) is 11.3 Å². The van der Waals surface area contributed by atoms with Gasteiger partial charge in [-0.05, 0) is 36.2 Å². The molecule has 3 rings (SSSR count). The second-order valence-corrected chi connectivity index (χ2v) is 8.50. The standard InChI is InChI=1S/C19H19N3O4S2/c23-11-10-14-6-8-15(9-7-14)20-18(24)12-16-13-27-19(21-16)22-28(25,26)17-4-2-1-3-5-17/h1-9,13,23H,10-12H2,(H,20,24)(H,21,22). The van der Waals surface area contributed by atoms with Crippen molar-refractivity contribution in [3.8, 4) is 0 Å². The Hall–Kier alpha value is -2.75. The van der Waals surface area contributed by atoms with E-state index >= 15 is 0 Å². The van der Waals surface area contributed by atoms with E-state index < -0.39 is 10.0 Å². The fraction of sp³-hybridized carbons (Fsp3) is 0.158. The van der Waals surface area contributed by atoms with Crippen molar-refractivity contribution in [1.29, 1.82) is 0 Å². The minimum atomic E-state index is -3.71. The van der Waals surface area contributed by atoms with Crippen molar-refractivity contribution < 1.29 is 18.3 Å². The van der Waals surface area contributed by atoms with Crippen LogP contribution in [0, 0.1) is 0 Å². The second kappa shape index (κ2) is 8.96. The quantitative estimate of drug-likeness (QED) is 0.522. The third kappa shape index (κ3) is 5.38. The van der Waals surface area contributed by atoms with E-state index in [2.05, 4.69) is 15.0 Å². The van der Waals surface area contributed by atoms with Gasteiger partial charge < -0.3 is 10.4 Å². The molecule has 0 radical (unpaired) electrons. The number of aromatic nitrogens is 1. The molecule has 0 unspecified atom stereocenters. The number of hydrogen-bond donors (Lipinski definition) is 3. The van der Waals surface area contributed by atoms with Gasteiger partial charge in [-0.3, -0.25) is 9.52 Å². The van der Waals surface area contributed by atoms with E-state index in [4.69, 9.17) is 5.11 Å². The van der Waals surface area contributed by atoms with E-state index in [9.17, 15) is 13.2 Å². The summed E-state index contributed by atoms with van der Waals surface area (Å²) in [6.45, 7) is 0.0753. The number of hydrogen-bond acceptors (Lipinski definition) is 6. The molecule has 0 bridgehead atoms. The molecule has 146 valence electrons. The monoisotopic (exact) mass is 417 g/mol. The summed E-state index contributed by atoms with van der Waals surface area (Å²) >= 11 is 1.12. The first-order valence-corrected chi connectivity index (χ1v) is 10.8. The number of benzene rings is 2. The lowest BCUT2D eigenvalue weighted by Gasteiger charge is -2.06. The van der Waals surface area contributed by atoms with Gasteiger partial charge in [0.2, 0.25) is 5.91 Å². The number of carbonyl (C=O) groups excluding carboxylic acids is 1. The van der Waals surface area contributed by atoms with Crippen molar-refractivity contribution in [2.24, 2.45) is 0 Å². The molecule has 1 aromatic heterocycles. The smallest absolute Gasteiger partial charge is 0.263 e. The maximum Gasteiger partial charge on any atom is 0.263 e. The molecule has 0 aliphatic rings. The molecule has 3 aromatic rings. The highest BCUT2D eigenvalue weighted by Gasteiger charge is 2.16. The molecule has 0 aliphatic carbocycles. The SMILES string of the molecule is O=C(Cc1csc(NS(=O)(=O)c2ccccc2)n1)Nc1ccc(CCO)cc1. The van der Waals surface area contributed by atoms with E-state index in [0.717, 1.165) is 16.9 Å². The van der Waals surface area contributed by atoms with Crippen LogP contribution in [0.4, 0.5) is 10.8 Å². The zero-order valence-electron chi connectivity index (χ0n) is 14.8. The minimum Gasteiger partial charge on any atom is -0.396 e. The first-order valence-electron chi connectivity index (χ1n) is 8.48. The Morgan fingerprint density at radius 2 is 1.79 bits per heavy atom. The average Bonchev–Trinajstić information content (AvgIpc) is 3.10. The van der Waals surface area contributed by atoms with Crippen molar-refractivity contribution in [2.45, 2.75) is 17.7 Å². The minimum absolute atomic E-state index is 0.0297. The van der Waals surface area contributed by atoms with E-state index in [-0.39, 0.29) is 29.0 Å². The number of rotatable bonds is 8. The van der Waals surface area contributed by atoms with Gasteiger partial charge in [-0.2, -0.15) is 0 Å². The Balaban J connectivity index is 1.59. The summed E-state index contributed by atoms with van der Waals surface area (Å²) in [5.41, 5.74) is 2.10. The van der Waals surface area contributed by atoms with Gasteiger partial charge in [0.25, 0.3) is 10.0 Å². The fourth-order valence-electron chi connectivity index (χ4n) is 2.46. The molecule has 0 saturated heterocycles. The number of sulfonamides is 1. The lowest BCUT2D eigenvalue weighted by Crippen LogP contribution is -2.15. The molecule has 0 fully saturated rings. The molecule has 7 nitrogen and oxygen atoms in total. The molecule has 9 heteroatoms. The van der Waals surface area contributed by atoms with Crippen LogP contribution in [0.1, 0.15) is 11.3 Å². The summed E-state index contributed by atoms with van der Waals surface area (Å²) in [4.78, 5) is 16.5. The average molecular weight is 418 g/mol. The first kappa shape index (κ1) is 20.0. The molecular formula is C19H19N3O4S2. The topological polar surface area (TPSA) is 108 Å². The summed E-state index contributed by atoms with van der Waals surface area (Å²) in [5.74, 6) is -0.252. The van der Waals surface area contributed by atoms with Crippen LogP contribution in [0.5, 0.6) is 0 Å². The van der Waals surface area contributed by atoms with Gasteiger partial charge in [-0.25, -0.2) is 13.4 Å². The van der Waals surface area contributed by atoms with Gasteiger partial charge in [0, 0.05) is 17.7 Å². The van der Waals surface area contributed by atoms with Crippen LogP contribution in [-0.4, -0.2) is 31.0 Å². The third-order valence-electron chi connectivity index (χ3n) is 3.81. The molecule has 1 amide bonds. The van der Waals surface area contributed by atoms with Gasteiger partial charge in [0.15, 0.2) is 5.13 Å². The van der Waals surface area contributed by atoms with E-state index in [1.54, 1.807) is 35.7 Å². The molecule has 3 N–H and O–H groups in total. The van der Waals surface area contributed by atoms with Crippen molar-refractivity contribution >= 4 is 38.1 Å². The van der Waals surface area contributed by atoms with Crippen LogP contribution < -0.4 is 10.0 Å². The highest BCUT2D eigenvalue weighted by atomic mass is 32.2. The lowest BCUT2D eigenvalue weighted by molar-refractivity contribution is -0.115. The zero-order valence-corrected chi connectivity index (χ0v) is 16.5. The number of carbonyl (C=O) groups is 1. The largest absolute Gasteiger partial charge is 0.396 e. The molecule has 2 aromatic carbocycles. The Morgan fingerprint density at radius 3 is 2.46 bits per heavy atom. The molecule has 0 saturated carbocycles. The lowest BCUT2D eigenvalue weighted by atomic mass is 10.1. The molecule has 0 spiro atoms. The second-order valence-electron chi connectivity index (χ2n) is 5.96. The fourth-order valence-corrected chi connectivity index (χ4v) is 4.45. The highest BCUT2D eigenvalue weighted by Crippen LogP contribution is 2.20. The highest BCUT2D eigenvalue weighted by molar-refractivity contribution is 7.93. The van der Waals surface area contributed by atoms with Crippen molar-refractivity contribution in [3.05, 3.63) is 71.2 Å². The van der Waals surface area contributed by atoms with E-state index in [1.807, 2.05) is 12.1 Å². The Bertz CT molecular complexity index is 1030. The maximum absolute atomic E-state index is 12.3.